The number of hydrogen-bond donors (Lipinski definition) is 1. The van der Waals surface area contributed by atoms with Crippen LogP contribution in [0.3, 0.4) is 0 Å². The lowest BCUT2D eigenvalue weighted by molar-refractivity contribution is 0.474. The van der Waals surface area contributed by atoms with Gasteiger partial charge in [-0.2, -0.15) is 0 Å². The van der Waals surface area contributed by atoms with E-state index in [1.807, 2.05) is 12.1 Å². The molecule has 0 spiro atoms. The fraction of sp³-hybridized carbons (Fsp3) is 0.111. The van der Waals surface area contributed by atoms with Crippen molar-refractivity contribution in [3.05, 3.63) is 40.9 Å². The highest BCUT2D eigenvalue weighted by Crippen LogP contribution is 2.22. The Morgan fingerprint density at radius 1 is 1.55 bits per heavy atom. The summed E-state index contributed by atoms with van der Waals surface area (Å²) in [5, 5.41) is 9.05. The molecule has 0 fully saturated rings. The van der Waals surface area contributed by atoms with Gasteiger partial charge in [0.2, 0.25) is 0 Å². The molecule has 1 nitrogen and oxygen atoms in total. The highest BCUT2D eigenvalue weighted by Gasteiger charge is 1.97. The van der Waals surface area contributed by atoms with Gasteiger partial charge in [0, 0.05) is 4.47 Å². The second-order valence-electron chi connectivity index (χ2n) is 2.27. The maximum atomic E-state index is 9.05. The van der Waals surface area contributed by atoms with Crippen LogP contribution < -0.4 is 0 Å². The average Bonchev–Trinajstić information content (AvgIpc) is 1.95. The van der Waals surface area contributed by atoms with Gasteiger partial charge in [-0.05, 0) is 24.1 Å². The molecule has 0 saturated carbocycles. The zero-order valence-electron chi connectivity index (χ0n) is 6.05. The van der Waals surface area contributed by atoms with Crippen molar-refractivity contribution in [2.45, 2.75) is 6.42 Å². The molecule has 1 N–H and O–H groups in total. The first kappa shape index (κ1) is 8.34. The minimum atomic E-state index is 0.282. The predicted molar refractivity (Wildman–Crippen MR) is 49.7 cm³/mol. The van der Waals surface area contributed by atoms with Crippen LogP contribution in [0.2, 0.25) is 0 Å². The van der Waals surface area contributed by atoms with Gasteiger partial charge < -0.3 is 5.11 Å². The molecule has 11 heavy (non-hydrogen) atoms. The summed E-state index contributed by atoms with van der Waals surface area (Å²) in [4.78, 5) is 0. The molecule has 0 aliphatic rings. The van der Waals surface area contributed by atoms with Crippen molar-refractivity contribution in [3.63, 3.8) is 0 Å². The zero-order chi connectivity index (χ0) is 8.27. The maximum Gasteiger partial charge on any atom is 0.116 e. The minimum Gasteiger partial charge on any atom is -0.508 e. The largest absolute Gasteiger partial charge is 0.508 e. The molecule has 0 aliphatic carbocycles. The molecule has 0 atom stereocenters. The van der Waals surface area contributed by atoms with Crippen LogP contribution in [0.15, 0.2) is 35.3 Å². The van der Waals surface area contributed by atoms with Crippen LogP contribution in [-0.4, -0.2) is 5.11 Å². The average molecular weight is 213 g/mol. The summed E-state index contributed by atoms with van der Waals surface area (Å²) in [6.07, 6.45) is 2.65. The van der Waals surface area contributed by atoms with Crippen LogP contribution in [0.4, 0.5) is 0 Å². The van der Waals surface area contributed by atoms with Crippen molar-refractivity contribution in [1.29, 1.82) is 0 Å². The van der Waals surface area contributed by atoms with E-state index in [-0.39, 0.29) is 5.75 Å². The van der Waals surface area contributed by atoms with Gasteiger partial charge in [0.05, 0.1) is 0 Å². The van der Waals surface area contributed by atoms with Gasteiger partial charge in [0.1, 0.15) is 5.75 Å². The first-order valence-electron chi connectivity index (χ1n) is 3.32. The molecule has 0 aromatic heterocycles. The Morgan fingerprint density at radius 3 is 2.82 bits per heavy atom. The molecule has 0 heterocycles. The third kappa shape index (κ3) is 2.09. The second kappa shape index (κ2) is 3.58. The smallest absolute Gasteiger partial charge is 0.116 e. The van der Waals surface area contributed by atoms with Crippen molar-refractivity contribution in [2.75, 3.05) is 0 Å². The van der Waals surface area contributed by atoms with E-state index < -0.39 is 0 Å². The normalized spacial score (nSPS) is 9.55. The monoisotopic (exact) mass is 212 g/mol. The summed E-state index contributed by atoms with van der Waals surface area (Å²) in [5.74, 6) is 0.282. The topological polar surface area (TPSA) is 20.2 Å². The summed E-state index contributed by atoms with van der Waals surface area (Å²) in [7, 11) is 0. The molecule has 1 aromatic rings. The van der Waals surface area contributed by atoms with Crippen molar-refractivity contribution in [2.24, 2.45) is 0 Å². The fourth-order valence-electron chi connectivity index (χ4n) is 0.857. The quantitative estimate of drug-likeness (QED) is 0.749. The molecule has 0 bridgehead atoms. The van der Waals surface area contributed by atoms with Crippen LogP contribution in [0.5, 0.6) is 5.75 Å². The summed E-state index contributed by atoms with van der Waals surface area (Å²) in [6, 6.07) is 5.23. The first-order chi connectivity index (χ1) is 5.24. The van der Waals surface area contributed by atoms with Crippen LogP contribution >= 0.6 is 15.9 Å². The summed E-state index contributed by atoms with van der Waals surface area (Å²) in [6.45, 7) is 3.64. The van der Waals surface area contributed by atoms with E-state index in [4.69, 9.17) is 5.11 Å². The Kier molecular flexibility index (Phi) is 2.71. The lowest BCUT2D eigenvalue weighted by Gasteiger charge is -2.00. The van der Waals surface area contributed by atoms with Crippen LogP contribution in [-0.2, 0) is 6.42 Å². The standard InChI is InChI=1S/C9H9BrO/c1-2-3-7-4-5-8(11)6-9(7)10/h2,4-6,11H,1,3H2. The molecular formula is C9H9BrO. The lowest BCUT2D eigenvalue weighted by Crippen LogP contribution is -1.81. The number of phenolic OH excluding ortho intramolecular Hbond substituents is 1. The first-order valence-corrected chi connectivity index (χ1v) is 4.11. The van der Waals surface area contributed by atoms with Crippen LogP contribution in [0.1, 0.15) is 5.56 Å². The number of aromatic hydroxyl groups is 1. The van der Waals surface area contributed by atoms with Gasteiger partial charge in [-0.25, -0.2) is 0 Å². The number of phenols is 1. The van der Waals surface area contributed by atoms with Gasteiger partial charge in [-0.1, -0.05) is 28.1 Å². The molecule has 0 amide bonds. The van der Waals surface area contributed by atoms with Gasteiger partial charge in [0.15, 0.2) is 0 Å². The zero-order valence-corrected chi connectivity index (χ0v) is 7.63. The number of hydrogen-bond acceptors (Lipinski definition) is 1. The SMILES string of the molecule is C=CCc1ccc(O)cc1Br. The molecular weight excluding hydrogens is 204 g/mol. The number of allylic oxidation sites excluding steroid dienone is 1. The third-order valence-corrected chi connectivity index (χ3v) is 2.14. The number of halogens is 1. The Labute approximate surface area is 74.5 Å². The van der Waals surface area contributed by atoms with Crippen molar-refractivity contribution in [3.8, 4) is 5.75 Å². The molecule has 0 unspecified atom stereocenters. The number of benzene rings is 1. The summed E-state index contributed by atoms with van der Waals surface area (Å²) in [5.41, 5.74) is 1.14. The summed E-state index contributed by atoms with van der Waals surface area (Å²) >= 11 is 3.34. The number of rotatable bonds is 2. The van der Waals surface area contributed by atoms with E-state index in [2.05, 4.69) is 22.5 Å². The van der Waals surface area contributed by atoms with Gasteiger partial charge in [-0.3, -0.25) is 0 Å². The van der Waals surface area contributed by atoms with Crippen LogP contribution in [0, 0.1) is 0 Å². The highest BCUT2D eigenvalue weighted by molar-refractivity contribution is 9.10. The fourth-order valence-corrected chi connectivity index (χ4v) is 1.39. The van der Waals surface area contributed by atoms with Gasteiger partial charge in [0.25, 0.3) is 0 Å². The van der Waals surface area contributed by atoms with Crippen molar-refractivity contribution >= 4 is 15.9 Å². The molecule has 0 radical (unpaired) electrons. The molecule has 0 aliphatic heterocycles. The molecule has 1 aromatic carbocycles. The highest BCUT2D eigenvalue weighted by atomic mass is 79.9. The van der Waals surface area contributed by atoms with E-state index in [1.165, 1.54) is 0 Å². The summed E-state index contributed by atoms with van der Waals surface area (Å²) < 4.78 is 0.928. The van der Waals surface area contributed by atoms with E-state index in [0.717, 1.165) is 16.5 Å². The van der Waals surface area contributed by atoms with E-state index >= 15 is 0 Å². The molecule has 58 valence electrons. The molecule has 2 heteroatoms. The van der Waals surface area contributed by atoms with Gasteiger partial charge >= 0.3 is 0 Å². The molecule has 1 rings (SSSR count). The minimum absolute atomic E-state index is 0.282. The maximum absolute atomic E-state index is 9.05. The van der Waals surface area contributed by atoms with Gasteiger partial charge in [-0.15, -0.1) is 6.58 Å². The third-order valence-electron chi connectivity index (χ3n) is 1.40. The Morgan fingerprint density at radius 2 is 2.27 bits per heavy atom. The Bertz CT molecular complexity index is 268. The van der Waals surface area contributed by atoms with E-state index in [0.29, 0.717) is 0 Å². The second-order valence-corrected chi connectivity index (χ2v) is 3.12. The predicted octanol–water partition coefficient (Wildman–Crippen LogP) is 2.88. The Balaban J connectivity index is 2.98. The van der Waals surface area contributed by atoms with E-state index in [9.17, 15) is 0 Å². The van der Waals surface area contributed by atoms with E-state index in [1.54, 1.807) is 12.1 Å². The Hall–Kier alpha value is -0.760. The van der Waals surface area contributed by atoms with Crippen molar-refractivity contribution < 1.29 is 5.11 Å². The van der Waals surface area contributed by atoms with Crippen molar-refractivity contribution in [1.82, 2.24) is 0 Å². The molecule has 0 saturated heterocycles. The lowest BCUT2D eigenvalue weighted by atomic mass is 10.1. The van der Waals surface area contributed by atoms with Crippen LogP contribution in [0.25, 0.3) is 0 Å².